The molecule has 7 nitrogen and oxygen atoms in total. The van der Waals surface area contributed by atoms with E-state index in [1.54, 1.807) is 30.3 Å². The van der Waals surface area contributed by atoms with Crippen LogP contribution in [0.4, 0.5) is 0 Å². The molecule has 158 valence electrons. The Balaban J connectivity index is 1.62. The van der Waals surface area contributed by atoms with Crippen molar-refractivity contribution in [3.63, 3.8) is 0 Å². The quantitative estimate of drug-likeness (QED) is 0.226. The van der Waals surface area contributed by atoms with E-state index in [-0.39, 0.29) is 17.9 Å². The molecular formula is C22H16INO6S. The van der Waals surface area contributed by atoms with Gasteiger partial charge in [-0.25, -0.2) is 0 Å². The van der Waals surface area contributed by atoms with E-state index in [4.69, 9.17) is 13.9 Å². The molecule has 0 aliphatic carbocycles. The van der Waals surface area contributed by atoms with Crippen LogP contribution >= 0.6 is 33.9 Å². The summed E-state index contributed by atoms with van der Waals surface area (Å²) in [5, 5.41) is 13.0. The van der Waals surface area contributed by atoms with E-state index in [2.05, 4.69) is 0 Å². The standard InChI is InChI=1S/C22H16INO6S/c23-17-6-5-15(30-17)19-18(21(26)22(27)24(19)11-13-2-1-9-31-13)20(25)12-3-4-14-16(10-12)29-8-7-28-14/h1-6,9-10,19,25H,7-8,11H2/b20-18+. The summed E-state index contributed by atoms with van der Waals surface area (Å²) in [6.45, 7) is 1.08. The number of Topliss-reactive ketones (excluding diaryl/α,β-unsaturated/α-hetero) is 1. The normalized spacial score (nSPS) is 19.8. The van der Waals surface area contributed by atoms with Crippen LogP contribution in [0.15, 0.2) is 57.8 Å². The van der Waals surface area contributed by atoms with Crippen LogP contribution in [-0.4, -0.2) is 34.9 Å². The van der Waals surface area contributed by atoms with Crippen LogP contribution in [0.25, 0.3) is 5.76 Å². The summed E-state index contributed by atoms with van der Waals surface area (Å²) in [6.07, 6.45) is 0. The number of furan rings is 1. The number of halogens is 1. The number of benzene rings is 1. The molecule has 1 saturated heterocycles. The van der Waals surface area contributed by atoms with Crippen LogP contribution in [0, 0.1) is 3.77 Å². The van der Waals surface area contributed by atoms with Gasteiger partial charge in [-0.2, -0.15) is 0 Å². The van der Waals surface area contributed by atoms with E-state index >= 15 is 0 Å². The topological polar surface area (TPSA) is 89.2 Å². The maximum Gasteiger partial charge on any atom is 0.296 e. The molecule has 2 aliphatic heterocycles. The highest BCUT2D eigenvalue weighted by molar-refractivity contribution is 14.1. The highest BCUT2D eigenvalue weighted by Crippen LogP contribution is 2.42. The van der Waals surface area contributed by atoms with E-state index < -0.39 is 17.7 Å². The molecule has 2 aromatic heterocycles. The van der Waals surface area contributed by atoms with E-state index in [0.717, 1.165) is 4.88 Å². The predicted octanol–water partition coefficient (Wildman–Crippen LogP) is 4.34. The molecular weight excluding hydrogens is 533 g/mol. The Bertz CT molecular complexity index is 1200. The van der Waals surface area contributed by atoms with Gasteiger partial charge in [0.1, 0.15) is 30.8 Å². The zero-order valence-corrected chi connectivity index (χ0v) is 19.0. The number of amides is 1. The number of carbonyl (C=O) groups is 2. The van der Waals surface area contributed by atoms with Gasteiger partial charge in [0, 0.05) is 10.4 Å². The van der Waals surface area contributed by atoms with Gasteiger partial charge < -0.3 is 23.9 Å². The van der Waals surface area contributed by atoms with Crippen molar-refractivity contribution in [2.45, 2.75) is 12.6 Å². The molecule has 0 radical (unpaired) electrons. The number of hydrogen-bond acceptors (Lipinski definition) is 7. The average Bonchev–Trinajstić information content (AvgIpc) is 3.50. The van der Waals surface area contributed by atoms with Gasteiger partial charge >= 0.3 is 0 Å². The number of carbonyl (C=O) groups excluding carboxylic acids is 2. The van der Waals surface area contributed by atoms with Gasteiger partial charge in [0.15, 0.2) is 15.3 Å². The van der Waals surface area contributed by atoms with Gasteiger partial charge in [0.25, 0.3) is 11.7 Å². The Labute approximate surface area is 195 Å². The average molecular weight is 549 g/mol. The molecule has 1 aromatic carbocycles. The monoisotopic (exact) mass is 549 g/mol. The van der Waals surface area contributed by atoms with Crippen molar-refractivity contribution < 1.29 is 28.6 Å². The smallest absolute Gasteiger partial charge is 0.296 e. The molecule has 3 aromatic rings. The number of fused-ring (bicyclic) bond motifs is 1. The number of thiophene rings is 1. The Kier molecular flexibility index (Phi) is 5.22. The fraction of sp³-hybridized carbons (Fsp3) is 0.182. The van der Waals surface area contributed by atoms with E-state index in [1.165, 1.54) is 16.2 Å². The SMILES string of the molecule is O=C1C(=O)N(Cc2cccs2)C(c2ccc(I)o2)/C1=C(\O)c1ccc2c(c1)OCCO2. The van der Waals surface area contributed by atoms with Gasteiger partial charge in [-0.15, -0.1) is 11.3 Å². The number of aliphatic hydroxyl groups excluding tert-OH is 1. The lowest BCUT2D eigenvalue weighted by molar-refractivity contribution is -0.140. The Morgan fingerprint density at radius 2 is 1.94 bits per heavy atom. The first kappa shape index (κ1) is 20.1. The summed E-state index contributed by atoms with van der Waals surface area (Å²) in [4.78, 5) is 28.3. The first-order chi connectivity index (χ1) is 15.0. The zero-order valence-electron chi connectivity index (χ0n) is 16.0. The molecule has 0 bridgehead atoms. The third-order valence-electron chi connectivity index (χ3n) is 5.13. The molecule has 1 atom stereocenters. The molecule has 0 saturated carbocycles. The number of rotatable bonds is 4. The summed E-state index contributed by atoms with van der Waals surface area (Å²) in [5.74, 6) is -0.241. The van der Waals surface area contributed by atoms with Gasteiger partial charge in [-0.1, -0.05) is 6.07 Å². The van der Waals surface area contributed by atoms with Crippen molar-refractivity contribution >= 4 is 51.4 Å². The third kappa shape index (κ3) is 3.61. The Morgan fingerprint density at radius 1 is 1.13 bits per heavy atom. The summed E-state index contributed by atoms with van der Waals surface area (Å²) < 4.78 is 17.5. The molecule has 31 heavy (non-hydrogen) atoms. The minimum absolute atomic E-state index is 0.0102. The summed E-state index contributed by atoms with van der Waals surface area (Å²) >= 11 is 3.52. The molecule has 1 fully saturated rings. The number of ether oxygens (including phenoxy) is 2. The summed E-state index contributed by atoms with van der Waals surface area (Å²) in [6, 6.07) is 11.3. The Morgan fingerprint density at radius 3 is 2.65 bits per heavy atom. The fourth-order valence-corrected chi connectivity index (χ4v) is 4.87. The number of ketones is 1. The van der Waals surface area contributed by atoms with Crippen LogP contribution in [0.3, 0.4) is 0 Å². The first-order valence-electron chi connectivity index (χ1n) is 9.49. The highest BCUT2D eigenvalue weighted by atomic mass is 127. The lowest BCUT2D eigenvalue weighted by Gasteiger charge is -2.23. The third-order valence-corrected chi connectivity index (χ3v) is 6.57. The van der Waals surface area contributed by atoms with Crippen LogP contribution < -0.4 is 9.47 Å². The first-order valence-corrected chi connectivity index (χ1v) is 11.4. The van der Waals surface area contributed by atoms with Crippen LogP contribution in [0.1, 0.15) is 22.2 Å². The summed E-state index contributed by atoms with van der Waals surface area (Å²) in [7, 11) is 0. The largest absolute Gasteiger partial charge is 0.507 e. The molecule has 1 N–H and O–H groups in total. The van der Waals surface area contributed by atoms with E-state index in [0.29, 0.717) is 39.8 Å². The number of nitrogens with zero attached hydrogens (tertiary/aromatic N) is 1. The highest BCUT2D eigenvalue weighted by Gasteiger charge is 2.47. The minimum Gasteiger partial charge on any atom is -0.507 e. The van der Waals surface area contributed by atoms with Gasteiger partial charge in [-0.3, -0.25) is 9.59 Å². The second kappa shape index (κ2) is 8.04. The lowest BCUT2D eigenvalue weighted by atomic mass is 9.99. The van der Waals surface area contributed by atoms with Crippen molar-refractivity contribution in [3.05, 3.63) is 73.4 Å². The second-order valence-electron chi connectivity index (χ2n) is 7.01. The van der Waals surface area contributed by atoms with E-state index in [9.17, 15) is 14.7 Å². The lowest BCUT2D eigenvalue weighted by Crippen LogP contribution is -2.28. The zero-order chi connectivity index (χ0) is 21.5. The van der Waals surface area contributed by atoms with Crippen molar-refractivity contribution in [3.8, 4) is 11.5 Å². The number of hydrogen-bond donors (Lipinski definition) is 1. The molecule has 0 spiro atoms. The van der Waals surface area contributed by atoms with Gasteiger partial charge in [0.2, 0.25) is 0 Å². The van der Waals surface area contributed by atoms with Gasteiger partial charge in [0.05, 0.1) is 12.1 Å². The van der Waals surface area contributed by atoms with Crippen molar-refractivity contribution in [1.82, 2.24) is 4.90 Å². The molecule has 5 rings (SSSR count). The Hall–Kier alpha value is -2.79. The van der Waals surface area contributed by atoms with Crippen molar-refractivity contribution in [1.29, 1.82) is 0 Å². The van der Waals surface area contributed by atoms with Crippen LogP contribution in [0.5, 0.6) is 11.5 Å². The molecule has 2 aliphatic rings. The van der Waals surface area contributed by atoms with Crippen molar-refractivity contribution in [2.75, 3.05) is 13.2 Å². The minimum atomic E-state index is -0.834. The maximum absolute atomic E-state index is 13.0. The van der Waals surface area contributed by atoms with Crippen LogP contribution in [-0.2, 0) is 16.1 Å². The van der Waals surface area contributed by atoms with Crippen molar-refractivity contribution in [2.24, 2.45) is 0 Å². The molecule has 1 unspecified atom stereocenters. The summed E-state index contributed by atoms with van der Waals surface area (Å²) in [5.41, 5.74) is 0.355. The van der Waals surface area contributed by atoms with E-state index in [1.807, 2.05) is 40.1 Å². The maximum atomic E-state index is 13.0. The van der Waals surface area contributed by atoms with Gasteiger partial charge in [-0.05, 0) is 64.4 Å². The molecule has 1 amide bonds. The second-order valence-corrected chi connectivity index (χ2v) is 9.10. The molecule has 4 heterocycles. The fourth-order valence-electron chi connectivity index (χ4n) is 3.73. The number of aliphatic hydroxyl groups is 1. The predicted molar refractivity (Wildman–Crippen MR) is 121 cm³/mol. The molecule has 9 heteroatoms. The number of likely N-dealkylation sites (tertiary alicyclic amines) is 1. The van der Waals surface area contributed by atoms with Crippen LogP contribution in [0.2, 0.25) is 0 Å².